The Morgan fingerprint density at radius 3 is 2.63 bits per heavy atom. The highest BCUT2D eigenvalue weighted by molar-refractivity contribution is 5.85. The highest BCUT2D eigenvalue weighted by Crippen LogP contribution is 2.19. The van der Waals surface area contributed by atoms with Gasteiger partial charge in [-0.1, -0.05) is 24.3 Å². The van der Waals surface area contributed by atoms with Crippen molar-refractivity contribution in [2.45, 2.75) is 38.8 Å². The number of halogens is 1. The first-order chi connectivity index (χ1) is 12.6. The molecule has 0 radical (unpaired) electrons. The monoisotopic (exact) mass is 394 g/mol. The Morgan fingerprint density at radius 2 is 1.89 bits per heavy atom. The Hall–Kier alpha value is -1.63. The molecule has 4 N–H and O–H groups in total. The van der Waals surface area contributed by atoms with Crippen molar-refractivity contribution >= 4 is 24.2 Å². The minimum atomic E-state index is -0.191. The van der Waals surface area contributed by atoms with Gasteiger partial charge in [0, 0.05) is 25.6 Å². The van der Waals surface area contributed by atoms with Crippen molar-refractivity contribution in [1.82, 2.24) is 15.5 Å². The van der Waals surface area contributed by atoms with Crippen molar-refractivity contribution in [2.75, 3.05) is 26.2 Å². The maximum Gasteiger partial charge on any atom is 0.223 e. The van der Waals surface area contributed by atoms with Gasteiger partial charge < -0.3 is 16.4 Å². The van der Waals surface area contributed by atoms with Crippen LogP contribution >= 0.6 is 12.4 Å². The van der Waals surface area contributed by atoms with Crippen LogP contribution in [0.2, 0.25) is 0 Å². The van der Waals surface area contributed by atoms with Crippen LogP contribution in [0.15, 0.2) is 24.3 Å². The molecule has 7 heteroatoms. The molecule has 1 unspecified atom stereocenters. The van der Waals surface area contributed by atoms with Crippen molar-refractivity contribution < 1.29 is 9.59 Å². The van der Waals surface area contributed by atoms with Gasteiger partial charge in [0.2, 0.25) is 11.8 Å². The van der Waals surface area contributed by atoms with Crippen LogP contribution in [0.5, 0.6) is 0 Å². The Morgan fingerprint density at radius 1 is 1.15 bits per heavy atom. The summed E-state index contributed by atoms with van der Waals surface area (Å²) >= 11 is 0. The zero-order chi connectivity index (χ0) is 18.4. The van der Waals surface area contributed by atoms with Crippen LogP contribution in [-0.4, -0.2) is 42.9 Å². The van der Waals surface area contributed by atoms with E-state index in [1.54, 1.807) is 0 Å². The van der Waals surface area contributed by atoms with E-state index in [1.807, 2.05) is 6.07 Å². The second-order valence-corrected chi connectivity index (χ2v) is 7.54. The number of benzene rings is 1. The number of piperidine rings is 2. The number of nitrogens with zero attached hydrogens (tertiary/aromatic N) is 1. The van der Waals surface area contributed by atoms with Crippen LogP contribution in [0, 0.1) is 11.8 Å². The average Bonchev–Trinajstić information content (AvgIpc) is 2.67. The molecule has 0 spiro atoms. The quantitative estimate of drug-likeness (QED) is 0.681. The lowest BCUT2D eigenvalue weighted by molar-refractivity contribution is -0.126. The third-order valence-corrected chi connectivity index (χ3v) is 5.48. The maximum absolute atomic E-state index is 12.3. The molecule has 0 bridgehead atoms. The van der Waals surface area contributed by atoms with Crippen LogP contribution < -0.4 is 16.4 Å². The fourth-order valence-corrected chi connectivity index (χ4v) is 3.95. The van der Waals surface area contributed by atoms with E-state index in [0.717, 1.165) is 64.0 Å². The molecule has 2 aliphatic rings. The number of primary amides is 1. The molecule has 2 saturated heterocycles. The number of hydrogen-bond donors (Lipinski definition) is 3. The number of likely N-dealkylation sites (tertiary alicyclic amines) is 1. The van der Waals surface area contributed by atoms with Crippen molar-refractivity contribution in [3.8, 4) is 0 Å². The molecule has 1 aromatic carbocycles. The third kappa shape index (κ3) is 6.48. The lowest BCUT2D eigenvalue weighted by Crippen LogP contribution is -2.40. The summed E-state index contributed by atoms with van der Waals surface area (Å²) in [6, 6.07) is 8.34. The Balaban J connectivity index is 0.00000261. The van der Waals surface area contributed by atoms with E-state index in [-0.39, 0.29) is 36.1 Å². The molecule has 2 fully saturated rings. The Kier molecular flexibility index (Phi) is 8.54. The first-order valence-electron chi connectivity index (χ1n) is 9.70. The molecule has 0 saturated carbocycles. The number of carbonyl (C=O) groups excluding carboxylic acids is 2. The highest BCUT2D eigenvalue weighted by Gasteiger charge is 2.24. The normalized spacial score (nSPS) is 21.3. The number of carbonyl (C=O) groups is 2. The van der Waals surface area contributed by atoms with E-state index in [0.29, 0.717) is 6.54 Å². The van der Waals surface area contributed by atoms with Crippen molar-refractivity contribution in [2.24, 2.45) is 17.6 Å². The maximum atomic E-state index is 12.3. The second kappa shape index (κ2) is 10.6. The van der Waals surface area contributed by atoms with Crippen LogP contribution in [0.25, 0.3) is 0 Å². The fourth-order valence-electron chi connectivity index (χ4n) is 3.95. The molecule has 0 aromatic heterocycles. The topological polar surface area (TPSA) is 87.5 Å². The average molecular weight is 395 g/mol. The summed E-state index contributed by atoms with van der Waals surface area (Å²) in [5.74, 6) is 0.0797. The van der Waals surface area contributed by atoms with E-state index in [4.69, 9.17) is 5.73 Å². The SMILES string of the molecule is Cl.NC(=O)C1CCCN(Cc2cccc(CNC(=O)C3CCNCC3)c2)C1. The highest BCUT2D eigenvalue weighted by atomic mass is 35.5. The van der Waals surface area contributed by atoms with E-state index in [9.17, 15) is 9.59 Å². The van der Waals surface area contributed by atoms with Gasteiger partial charge in [-0.3, -0.25) is 14.5 Å². The van der Waals surface area contributed by atoms with Gasteiger partial charge in [-0.15, -0.1) is 12.4 Å². The summed E-state index contributed by atoms with van der Waals surface area (Å²) < 4.78 is 0. The van der Waals surface area contributed by atoms with E-state index < -0.39 is 0 Å². The predicted octanol–water partition coefficient (Wildman–Crippen LogP) is 1.42. The number of hydrogen-bond acceptors (Lipinski definition) is 4. The van der Waals surface area contributed by atoms with Gasteiger partial charge in [0.25, 0.3) is 0 Å². The molecule has 1 atom stereocenters. The summed E-state index contributed by atoms with van der Waals surface area (Å²) in [4.78, 5) is 26.0. The molecule has 3 rings (SSSR count). The van der Waals surface area contributed by atoms with Crippen LogP contribution in [0.4, 0.5) is 0 Å². The lowest BCUT2D eigenvalue weighted by atomic mass is 9.96. The number of rotatable bonds is 6. The molecule has 27 heavy (non-hydrogen) atoms. The van der Waals surface area contributed by atoms with Gasteiger partial charge in [-0.05, 0) is 56.4 Å². The van der Waals surface area contributed by atoms with Crippen molar-refractivity contribution in [3.63, 3.8) is 0 Å². The molecular formula is C20H31ClN4O2. The summed E-state index contributed by atoms with van der Waals surface area (Å²) in [5, 5.41) is 6.37. The molecular weight excluding hydrogens is 364 g/mol. The molecule has 6 nitrogen and oxygen atoms in total. The van der Waals surface area contributed by atoms with Crippen molar-refractivity contribution in [1.29, 1.82) is 0 Å². The second-order valence-electron chi connectivity index (χ2n) is 7.54. The van der Waals surface area contributed by atoms with Crippen LogP contribution in [-0.2, 0) is 22.7 Å². The van der Waals surface area contributed by atoms with E-state index in [1.165, 1.54) is 5.56 Å². The molecule has 1 aromatic rings. The van der Waals surface area contributed by atoms with Crippen LogP contribution in [0.1, 0.15) is 36.8 Å². The zero-order valence-electron chi connectivity index (χ0n) is 15.8. The summed E-state index contributed by atoms with van der Waals surface area (Å²) in [6.07, 6.45) is 3.75. The summed E-state index contributed by atoms with van der Waals surface area (Å²) in [5.41, 5.74) is 7.80. The third-order valence-electron chi connectivity index (χ3n) is 5.48. The van der Waals surface area contributed by atoms with Gasteiger partial charge in [0.05, 0.1) is 5.92 Å². The minimum absolute atomic E-state index is 0. The zero-order valence-corrected chi connectivity index (χ0v) is 16.6. The predicted molar refractivity (Wildman–Crippen MR) is 108 cm³/mol. The molecule has 2 amide bonds. The largest absolute Gasteiger partial charge is 0.369 e. The Labute approximate surface area is 167 Å². The number of nitrogens with one attached hydrogen (secondary N) is 2. The van der Waals surface area contributed by atoms with Gasteiger partial charge in [-0.2, -0.15) is 0 Å². The lowest BCUT2D eigenvalue weighted by Gasteiger charge is -2.31. The molecule has 150 valence electrons. The minimum Gasteiger partial charge on any atom is -0.369 e. The van der Waals surface area contributed by atoms with Gasteiger partial charge in [0.15, 0.2) is 0 Å². The summed E-state index contributed by atoms with van der Waals surface area (Å²) in [7, 11) is 0. The van der Waals surface area contributed by atoms with E-state index >= 15 is 0 Å². The smallest absolute Gasteiger partial charge is 0.223 e. The van der Waals surface area contributed by atoms with Crippen molar-refractivity contribution in [3.05, 3.63) is 35.4 Å². The standard InChI is InChI=1S/C20H30N4O2.ClH/c21-19(25)18-5-2-10-24(14-18)13-16-4-1-3-15(11-16)12-23-20(26)17-6-8-22-9-7-17;/h1,3-4,11,17-18,22H,2,5-10,12-14H2,(H2,21,25)(H,23,26);1H. The fraction of sp³-hybridized carbons (Fsp3) is 0.600. The summed E-state index contributed by atoms with van der Waals surface area (Å²) in [6.45, 7) is 4.98. The van der Waals surface area contributed by atoms with Gasteiger partial charge in [0.1, 0.15) is 0 Å². The van der Waals surface area contributed by atoms with E-state index in [2.05, 4.69) is 33.7 Å². The molecule has 2 heterocycles. The Bertz CT molecular complexity index is 634. The van der Waals surface area contributed by atoms with Gasteiger partial charge in [-0.25, -0.2) is 0 Å². The number of nitrogens with two attached hydrogens (primary N) is 1. The number of amides is 2. The molecule has 2 aliphatic heterocycles. The first kappa shape index (κ1) is 21.7. The first-order valence-corrected chi connectivity index (χ1v) is 9.70. The van der Waals surface area contributed by atoms with Gasteiger partial charge >= 0.3 is 0 Å². The molecule has 0 aliphatic carbocycles. The van der Waals surface area contributed by atoms with Crippen LogP contribution in [0.3, 0.4) is 0 Å².